The number of piperidine rings is 1. The molecule has 4 aliphatic rings. The lowest BCUT2D eigenvalue weighted by molar-refractivity contribution is -0.145. The second-order valence-electron chi connectivity index (χ2n) is 17.8. The second kappa shape index (κ2) is 14.1. The summed E-state index contributed by atoms with van der Waals surface area (Å²) < 4.78 is 25.6. The normalized spacial score (nSPS) is 25.7. The topological polar surface area (TPSA) is 171 Å². The molecule has 13 heteroatoms. The average Bonchev–Trinajstić information content (AvgIpc) is 3.83. The fourth-order valence-corrected chi connectivity index (χ4v) is 9.25. The summed E-state index contributed by atoms with van der Waals surface area (Å²) in [4.78, 5) is 69.7. The Balaban J connectivity index is 1.54. The molecule has 0 spiro atoms. The third kappa shape index (κ3) is 8.79. The molecule has 0 aromatic heterocycles. The van der Waals surface area contributed by atoms with Gasteiger partial charge in [0.25, 0.3) is 5.91 Å². The maximum atomic E-state index is 14.5. The Morgan fingerprint density at radius 1 is 0.918 bits per heavy atom. The Bertz CT molecular complexity index is 1400. The number of likely N-dealkylation sites (tertiary alicyclic amines) is 1. The van der Waals surface area contributed by atoms with E-state index in [4.69, 9.17) is 0 Å². The number of hydrogen-bond acceptors (Lipinski definition) is 7. The van der Waals surface area contributed by atoms with Crippen molar-refractivity contribution >= 4 is 39.4 Å². The van der Waals surface area contributed by atoms with E-state index in [0.29, 0.717) is 32.2 Å². The molecule has 0 unspecified atom stereocenters. The predicted octanol–water partition coefficient (Wildman–Crippen LogP) is 3.62. The molecule has 0 bridgehead atoms. The van der Waals surface area contributed by atoms with Crippen molar-refractivity contribution in [3.63, 3.8) is 0 Å². The van der Waals surface area contributed by atoms with Gasteiger partial charge in [-0.1, -0.05) is 73.6 Å². The lowest BCUT2D eigenvalue weighted by Crippen LogP contribution is -2.64. The van der Waals surface area contributed by atoms with Crippen LogP contribution in [-0.2, 0) is 29.0 Å². The fraction of sp³-hybridized carbons (Fsp3) is 0.861. The zero-order valence-corrected chi connectivity index (χ0v) is 32.0. The zero-order chi connectivity index (χ0) is 36.7. The third-order valence-corrected chi connectivity index (χ3v) is 14.2. The quantitative estimate of drug-likeness (QED) is 0.212. The molecule has 4 rings (SSSR count). The summed E-state index contributed by atoms with van der Waals surface area (Å²) in [5, 5.41) is 11.5. The number of urea groups is 1. The molecule has 4 fully saturated rings. The summed E-state index contributed by atoms with van der Waals surface area (Å²) in [5.41, 5.74) is -1.90. The summed E-state index contributed by atoms with van der Waals surface area (Å²) in [6, 6.07) is -3.50. The first-order valence-corrected chi connectivity index (χ1v) is 20.0. The Labute approximate surface area is 293 Å². The van der Waals surface area contributed by atoms with Crippen LogP contribution in [0.4, 0.5) is 4.79 Å². The van der Waals surface area contributed by atoms with Gasteiger partial charge < -0.3 is 26.2 Å². The molecule has 1 heterocycles. The van der Waals surface area contributed by atoms with Crippen LogP contribution in [0.5, 0.6) is 0 Å². The van der Waals surface area contributed by atoms with Crippen molar-refractivity contribution in [2.24, 2.45) is 22.7 Å². The molecule has 4 N–H and O–H groups in total. The molecule has 12 nitrogen and oxygen atoms in total. The van der Waals surface area contributed by atoms with E-state index in [-0.39, 0.29) is 29.0 Å². The van der Waals surface area contributed by atoms with Gasteiger partial charge in [-0.15, -0.1) is 0 Å². The molecule has 1 aliphatic heterocycles. The van der Waals surface area contributed by atoms with Gasteiger partial charge in [-0.3, -0.25) is 19.2 Å². The number of ketones is 1. The summed E-state index contributed by atoms with van der Waals surface area (Å²) in [5.74, 6) is -2.50. The molecule has 0 radical (unpaired) electrons. The van der Waals surface area contributed by atoms with Crippen molar-refractivity contribution in [3.8, 4) is 0 Å². The summed E-state index contributed by atoms with van der Waals surface area (Å²) in [6.45, 7) is 16.9. The number of carbonyl (C=O) groups excluding carboxylic acids is 5. The molecule has 49 heavy (non-hydrogen) atoms. The third-order valence-electron chi connectivity index (χ3n) is 11.4. The largest absolute Gasteiger partial charge is 0.347 e. The summed E-state index contributed by atoms with van der Waals surface area (Å²) >= 11 is 0. The average molecular weight is 708 g/mol. The first kappa shape index (κ1) is 39.1. The van der Waals surface area contributed by atoms with Gasteiger partial charge >= 0.3 is 6.03 Å². The van der Waals surface area contributed by atoms with Gasteiger partial charge in [0.2, 0.25) is 17.6 Å². The number of fused-ring (bicyclic) bond motifs is 1. The molecular formula is C36H61N5O7S. The number of Topliss-reactive ketones (excluding diaryl/α,β-unsaturated/α-hetero) is 1. The first-order valence-electron chi connectivity index (χ1n) is 18.3. The molecular weight excluding hydrogens is 646 g/mol. The number of nitrogens with one attached hydrogen (secondary N) is 4. The number of carbonyl (C=O) groups is 5. The summed E-state index contributed by atoms with van der Waals surface area (Å²) in [6.07, 6.45) is 6.97. The van der Waals surface area contributed by atoms with Crippen LogP contribution in [0, 0.1) is 22.7 Å². The highest BCUT2D eigenvalue weighted by atomic mass is 32.2. The maximum absolute atomic E-state index is 14.5. The van der Waals surface area contributed by atoms with Crippen molar-refractivity contribution in [1.29, 1.82) is 0 Å². The van der Waals surface area contributed by atoms with E-state index in [0.717, 1.165) is 38.5 Å². The minimum Gasteiger partial charge on any atom is -0.347 e. The molecule has 1 saturated heterocycles. The number of rotatable bonds is 13. The zero-order valence-electron chi connectivity index (χ0n) is 31.2. The van der Waals surface area contributed by atoms with Crippen LogP contribution in [-0.4, -0.2) is 89.6 Å². The van der Waals surface area contributed by atoms with Crippen molar-refractivity contribution in [2.75, 3.05) is 12.3 Å². The standard InChI is InChI=1S/C36H61N5O7S/c1-10-11-15-24(27(42)30(44)37-22-16-17-22)38-29(43)26-25-23(35(25,8)9)20-41(26)31(45)28(33(2,3)4)39-32(46)40-36(18-13-12-14-19-36)21-49(47,48)34(5,6)7/h22-26,28H,10-21H2,1-9H3,(H,37,44)(H,38,43)(H2,39,40,46)/t23-,24+,25-,26-,28+/m0/s1. The van der Waals surface area contributed by atoms with Crippen LogP contribution in [0.25, 0.3) is 0 Å². The first-order chi connectivity index (χ1) is 22.5. The van der Waals surface area contributed by atoms with Crippen molar-refractivity contribution in [2.45, 2.75) is 161 Å². The molecule has 3 aliphatic carbocycles. The lowest BCUT2D eigenvalue weighted by atomic mass is 9.83. The predicted molar refractivity (Wildman–Crippen MR) is 188 cm³/mol. The molecule has 278 valence electrons. The lowest BCUT2D eigenvalue weighted by Gasteiger charge is -2.41. The highest BCUT2D eigenvalue weighted by Gasteiger charge is 2.70. The van der Waals surface area contributed by atoms with Crippen LogP contribution in [0.15, 0.2) is 0 Å². The Morgan fingerprint density at radius 3 is 2.06 bits per heavy atom. The van der Waals surface area contributed by atoms with E-state index in [9.17, 15) is 32.4 Å². The highest BCUT2D eigenvalue weighted by molar-refractivity contribution is 7.92. The number of hydrogen-bond donors (Lipinski definition) is 4. The van der Waals surface area contributed by atoms with E-state index < -0.39 is 73.2 Å². The molecule has 0 aromatic rings. The van der Waals surface area contributed by atoms with Gasteiger partial charge in [-0.2, -0.15) is 0 Å². The molecule has 3 saturated carbocycles. The van der Waals surface area contributed by atoms with Crippen LogP contribution in [0.3, 0.4) is 0 Å². The second-order valence-corrected chi connectivity index (χ2v) is 20.6. The van der Waals surface area contributed by atoms with Crippen LogP contribution < -0.4 is 21.3 Å². The van der Waals surface area contributed by atoms with Gasteiger partial charge in [0.1, 0.15) is 12.1 Å². The number of sulfone groups is 1. The van der Waals surface area contributed by atoms with Crippen LogP contribution in [0.1, 0.15) is 127 Å². The number of amides is 5. The maximum Gasteiger partial charge on any atom is 0.315 e. The smallest absolute Gasteiger partial charge is 0.315 e. The van der Waals surface area contributed by atoms with Crippen molar-refractivity contribution < 1.29 is 32.4 Å². The Hall–Kier alpha value is -2.70. The van der Waals surface area contributed by atoms with Crippen LogP contribution >= 0.6 is 0 Å². The molecule has 5 atom stereocenters. The highest BCUT2D eigenvalue weighted by Crippen LogP contribution is 2.65. The van der Waals surface area contributed by atoms with Gasteiger partial charge in [-0.05, 0) is 75.5 Å². The number of unbranched alkanes of at least 4 members (excludes halogenated alkanes) is 1. The Kier molecular flexibility index (Phi) is 11.3. The van der Waals surface area contributed by atoms with Gasteiger partial charge in [-0.25, -0.2) is 13.2 Å². The minimum atomic E-state index is -3.56. The van der Waals surface area contributed by atoms with Crippen molar-refractivity contribution in [3.05, 3.63) is 0 Å². The monoisotopic (exact) mass is 707 g/mol. The van der Waals surface area contributed by atoms with Crippen molar-refractivity contribution in [1.82, 2.24) is 26.2 Å². The van der Waals surface area contributed by atoms with Crippen LogP contribution in [0.2, 0.25) is 0 Å². The summed E-state index contributed by atoms with van der Waals surface area (Å²) in [7, 11) is -3.56. The van der Waals surface area contributed by atoms with E-state index in [2.05, 4.69) is 35.1 Å². The minimum absolute atomic E-state index is 0.00450. The van der Waals surface area contributed by atoms with E-state index in [1.165, 1.54) is 4.90 Å². The van der Waals surface area contributed by atoms with E-state index in [1.54, 1.807) is 20.8 Å². The number of nitrogens with zero attached hydrogens (tertiary/aromatic N) is 1. The molecule has 0 aromatic carbocycles. The van der Waals surface area contributed by atoms with Gasteiger partial charge in [0, 0.05) is 12.6 Å². The Morgan fingerprint density at radius 2 is 1.53 bits per heavy atom. The van der Waals surface area contributed by atoms with E-state index in [1.807, 2.05) is 27.7 Å². The SMILES string of the molecule is CCCC[C@@H](NC(=O)[C@@H]1[C@@H]2[C@H](CN1C(=O)[C@@H](NC(=O)NC1(CS(=O)(=O)C(C)(C)C)CCCCC1)C(C)(C)C)C2(C)C)C(=O)C(=O)NC1CC1. The molecule has 5 amide bonds. The van der Waals surface area contributed by atoms with Gasteiger partial charge in [0.15, 0.2) is 9.84 Å². The fourth-order valence-electron chi connectivity index (χ4n) is 7.73. The van der Waals surface area contributed by atoms with E-state index >= 15 is 0 Å². The van der Waals surface area contributed by atoms with Gasteiger partial charge in [0.05, 0.1) is 22.1 Å².